The van der Waals surface area contributed by atoms with Crippen molar-refractivity contribution in [1.82, 2.24) is 10.7 Å². The Hall–Kier alpha value is -1.83. The predicted molar refractivity (Wildman–Crippen MR) is 95.3 cm³/mol. The van der Waals surface area contributed by atoms with Crippen LogP contribution in [0.2, 0.25) is 0 Å². The van der Waals surface area contributed by atoms with Crippen LogP contribution in [0.3, 0.4) is 0 Å². The highest BCUT2D eigenvalue weighted by molar-refractivity contribution is 5.87. The average Bonchev–Trinajstić information content (AvgIpc) is 2.66. The average molecular weight is 407 g/mol. The topological polar surface area (TPSA) is 190 Å². The Morgan fingerprint density at radius 3 is 2.50 bits per heavy atom. The molecule has 1 aliphatic rings. The fraction of sp³-hybridized carbons (Fsp3) is 0.812. The first-order chi connectivity index (χ1) is 13.1. The van der Waals surface area contributed by atoms with Gasteiger partial charge in [-0.05, 0) is 13.3 Å². The zero-order valence-electron chi connectivity index (χ0n) is 16.0. The number of hydrogen-bond acceptors (Lipinski definition) is 10. The van der Waals surface area contributed by atoms with Gasteiger partial charge in [-0.2, -0.15) is 5.10 Å². The molecular formula is C16H29N3O9. The number of aliphatic hydroxyl groups excluding tert-OH is 4. The van der Waals surface area contributed by atoms with Gasteiger partial charge in [0.15, 0.2) is 0 Å². The molecule has 1 amide bonds. The van der Waals surface area contributed by atoms with E-state index in [1.54, 1.807) is 14.0 Å². The van der Waals surface area contributed by atoms with Gasteiger partial charge in [-0.1, -0.05) is 0 Å². The molecule has 162 valence electrons. The van der Waals surface area contributed by atoms with E-state index in [1.807, 2.05) is 0 Å². The van der Waals surface area contributed by atoms with Crippen LogP contribution < -0.4 is 10.7 Å². The van der Waals surface area contributed by atoms with Gasteiger partial charge in [-0.15, -0.1) is 0 Å². The maximum atomic E-state index is 12.2. The Bertz CT molecular complexity index is 574. The van der Waals surface area contributed by atoms with Crippen molar-refractivity contribution >= 4 is 17.6 Å². The SMILES string of the molecule is CN/N=C(\C)CCC(=O)N[C@H]1C([C@H](O)[C@H](O)CO)O[C@@](OC)(C(=O)O)C[C@H]1O. The van der Waals surface area contributed by atoms with E-state index >= 15 is 0 Å². The van der Waals surface area contributed by atoms with Crippen LogP contribution in [-0.2, 0) is 19.1 Å². The molecule has 0 aromatic rings. The van der Waals surface area contributed by atoms with Crippen LogP contribution in [0.4, 0.5) is 0 Å². The number of rotatable bonds is 10. The molecule has 1 fully saturated rings. The summed E-state index contributed by atoms with van der Waals surface area (Å²) in [4.78, 5) is 23.8. The summed E-state index contributed by atoms with van der Waals surface area (Å²) in [5, 5.41) is 55.3. The first-order valence-corrected chi connectivity index (χ1v) is 8.72. The number of carbonyl (C=O) groups is 2. The second-order valence-corrected chi connectivity index (χ2v) is 6.52. The van der Waals surface area contributed by atoms with Crippen molar-refractivity contribution in [2.45, 2.75) is 62.4 Å². The fourth-order valence-electron chi connectivity index (χ4n) is 2.91. The molecular weight excluding hydrogens is 378 g/mol. The van der Waals surface area contributed by atoms with Crippen LogP contribution >= 0.6 is 0 Å². The fourth-order valence-corrected chi connectivity index (χ4v) is 2.91. The molecule has 12 nitrogen and oxygen atoms in total. The number of methoxy groups -OCH3 is 1. The third kappa shape index (κ3) is 5.83. The lowest BCUT2D eigenvalue weighted by Crippen LogP contribution is -2.67. The lowest BCUT2D eigenvalue weighted by molar-refractivity contribution is -0.303. The van der Waals surface area contributed by atoms with E-state index in [0.29, 0.717) is 12.1 Å². The number of hydrazone groups is 1. The zero-order valence-corrected chi connectivity index (χ0v) is 16.0. The van der Waals surface area contributed by atoms with Gasteiger partial charge in [0.25, 0.3) is 5.79 Å². The van der Waals surface area contributed by atoms with Gasteiger partial charge in [0.1, 0.15) is 18.3 Å². The Morgan fingerprint density at radius 2 is 2.00 bits per heavy atom. The zero-order chi connectivity index (χ0) is 21.5. The molecule has 0 bridgehead atoms. The number of hydrogen-bond donors (Lipinski definition) is 7. The van der Waals surface area contributed by atoms with Crippen LogP contribution in [0.1, 0.15) is 26.2 Å². The summed E-state index contributed by atoms with van der Waals surface area (Å²) in [6.07, 6.45) is -6.71. The highest BCUT2D eigenvalue weighted by atomic mass is 16.7. The van der Waals surface area contributed by atoms with Crippen molar-refractivity contribution in [2.24, 2.45) is 5.10 Å². The van der Waals surface area contributed by atoms with Gasteiger partial charge in [0.05, 0.1) is 18.8 Å². The molecule has 6 atom stereocenters. The highest BCUT2D eigenvalue weighted by Gasteiger charge is 2.55. The van der Waals surface area contributed by atoms with E-state index in [0.717, 1.165) is 7.11 Å². The van der Waals surface area contributed by atoms with Crippen LogP contribution in [0, 0.1) is 0 Å². The Morgan fingerprint density at radius 1 is 1.36 bits per heavy atom. The van der Waals surface area contributed by atoms with E-state index in [-0.39, 0.29) is 6.42 Å². The van der Waals surface area contributed by atoms with Gasteiger partial charge in [-0.3, -0.25) is 4.79 Å². The van der Waals surface area contributed by atoms with Crippen molar-refractivity contribution < 1.29 is 44.6 Å². The summed E-state index contributed by atoms with van der Waals surface area (Å²) in [7, 11) is 2.66. The van der Waals surface area contributed by atoms with Crippen molar-refractivity contribution in [2.75, 3.05) is 20.8 Å². The molecule has 1 unspecified atom stereocenters. The van der Waals surface area contributed by atoms with Gasteiger partial charge in [-0.25, -0.2) is 4.79 Å². The molecule has 7 N–H and O–H groups in total. The quantitative estimate of drug-likeness (QED) is 0.146. The van der Waals surface area contributed by atoms with Crippen molar-refractivity contribution in [3.63, 3.8) is 0 Å². The Balaban J connectivity index is 3.01. The molecule has 12 heteroatoms. The van der Waals surface area contributed by atoms with E-state index in [2.05, 4.69) is 15.8 Å². The maximum absolute atomic E-state index is 12.2. The number of carboxylic acid groups (broad SMARTS) is 1. The summed E-state index contributed by atoms with van der Waals surface area (Å²) in [6.45, 7) is 0.872. The number of carbonyl (C=O) groups excluding carboxylic acids is 1. The van der Waals surface area contributed by atoms with E-state index < -0.39 is 61.1 Å². The number of nitrogens with zero attached hydrogens (tertiary/aromatic N) is 1. The van der Waals surface area contributed by atoms with Gasteiger partial charge in [0, 0.05) is 32.7 Å². The molecule has 1 rings (SSSR count). The first-order valence-electron chi connectivity index (χ1n) is 8.72. The molecule has 0 radical (unpaired) electrons. The van der Waals surface area contributed by atoms with Gasteiger partial charge < -0.3 is 45.7 Å². The second-order valence-electron chi connectivity index (χ2n) is 6.52. The molecule has 0 aromatic heterocycles. The van der Waals surface area contributed by atoms with Gasteiger partial charge >= 0.3 is 5.97 Å². The monoisotopic (exact) mass is 407 g/mol. The second kappa shape index (κ2) is 10.6. The van der Waals surface area contributed by atoms with Crippen molar-refractivity contribution in [3.05, 3.63) is 0 Å². The summed E-state index contributed by atoms with van der Waals surface area (Å²) in [5.41, 5.74) is 3.25. The molecule has 1 saturated heterocycles. The largest absolute Gasteiger partial charge is 0.477 e. The third-order valence-electron chi connectivity index (χ3n) is 4.49. The van der Waals surface area contributed by atoms with Crippen LogP contribution in [-0.4, -0.2) is 100 Å². The van der Waals surface area contributed by atoms with Crippen LogP contribution in [0.15, 0.2) is 5.10 Å². The first kappa shape index (κ1) is 24.2. The predicted octanol–water partition coefficient (Wildman–Crippen LogP) is -2.86. The molecule has 28 heavy (non-hydrogen) atoms. The number of ether oxygens (including phenoxy) is 2. The lowest BCUT2D eigenvalue weighted by Gasteiger charge is -2.46. The minimum absolute atomic E-state index is 0.0138. The third-order valence-corrected chi connectivity index (χ3v) is 4.49. The molecule has 1 heterocycles. The summed E-state index contributed by atoms with van der Waals surface area (Å²) in [5.74, 6) is -4.33. The van der Waals surface area contributed by atoms with Crippen molar-refractivity contribution in [1.29, 1.82) is 0 Å². The summed E-state index contributed by atoms with van der Waals surface area (Å²) in [6, 6.07) is -1.24. The summed E-state index contributed by atoms with van der Waals surface area (Å²) >= 11 is 0. The highest BCUT2D eigenvalue weighted by Crippen LogP contribution is 2.33. The van der Waals surface area contributed by atoms with E-state index in [4.69, 9.17) is 14.6 Å². The van der Waals surface area contributed by atoms with Crippen LogP contribution in [0.5, 0.6) is 0 Å². The number of amides is 1. The Kier molecular flexibility index (Phi) is 9.20. The van der Waals surface area contributed by atoms with E-state index in [1.165, 1.54) is 0 Å². The molecule has 0 saturated carbocycles. The lowest BCUT2D eigenvalue weighted by atomic mass is 9.88. The molecule has 0 aromatic carbocycles. The number of aliphatic hydroxyl groups is 4. The normalized spacial score (nSPS) is 30.4. The molecule has 1 aliphatic heterocycles. The smallest absolute Gasteiger partial charge is 0.364 e. The van der Waals surface area contributed by atoms with Crippen LogP contribution in [0.25, 0.3) is 0 Å². The minimum atomic E-state index is -2.28. The number of aliphatic carboxylic acids is 1. The van der Waals surface area contributed by atoms with Gasteiger partial charge in [0.2, 0.25) is 5.91 Å². The molecule has 0 aliphatic carbocycles. The Labute approximate surface area is 162 Å². The van der Waals surface area contributed by atoms with E-state index in [9.17, 15) is 30.0 Å². The molecule has 0 spiro atoms. The van der Waals surface area contributed by atoms with Crippen molar-refractivity contribution in [3.8, 4) is 0 Å². The maximum Gasteiger partial charge on any atom is 0.364 e. The standard InChI is InChI=1S/C16H29N3O9/c1-8(19-17-2)4-5-11(23)18-12-9(21)6-16(27-3,15(25)26)28-14(12)13(24)10(22)7-20/h9-10,12-14,17,20-22,24H,4-7H2,1-3H3,(H,18,23)(H,25,26)/b19-8+/t9-,10-,12-,13-,14?,16-/m1/s1. The number of nitrogens with one attached hydrogen (secondary N) is 2. The minimum Gasteiger partial charge on any atom is -0.477 e. The summed E-state index contributed by atoms with van der Waals surface area (Å²) < 4.78 is 10.3. The number of carboxylic acids is 1.